The van der Waals surface area contributed by atoms with Crippen molar-refractivity contribution in [2.45, 2.75) is 31.9 Å². The zero-order chi connectivity index (χ0) is 14.7. The van der Waals surface area contributed by atoms with Gasteiger partial charge in [0.2, 0.25) is 11.9 Å². The summed E-state index contributed by atoms with van der Waals surface area (Å²) in [5.41, 5.74) is 0. The molecule has 0 amide bonds. The van der Waals surface area contributed by atoms with Crippen LogP contribution >= 0.6 is 0 Å². The minimum atomic E-state index is 0.128. The van der Waals surface area contributed by atoms with Crippen molar-refractivity contribution in [2.75, 3.05) is 24.3 Å². The Kier molecular flexibility index (Phi) is 3.91. The molecule has 112 valence electrons. The summed E-state index contributed by atoms with van der Waals surface area (Å²) in [4.78, 5) is 16.8. The van der Waals surface area contributed by atoms with Crippen molar-refractivity contribution in [1.29, 1.82) is 0 Å². The van der Waals surface area contributed by atoms with Gasteiger partial charge in [-0.3, -0.25) is 0 Å². The highest BCUT2D eigenvalue weighted by Crippen LogP contribution is 2.18. The molecule has 0 spiro atoms. The number of rotatable bonds is 5. The maximum absolute atomic E-state index is 5.67. The lowest BCUT2D eigenvalue weighted by molar-refractivity contribution is 0.0994. The van der Waals surface area contributed by atoms with Gasteiger partial charge in [0.25, 0.3) is 5.95 Å². The van der Waals surface area contributed by atoms with E-state index in [9.17, 15) is 0 Å². The molecule has 0 bridgehead atoms. The Bertz CT molecular complexity index is 581. The highest BCUT2D eigenvalue weighted by molar-refractivity contribution is 5.38. The van der Waals surface area contributed by atoms with E-state index in [0.717, 1.165) is 19.4 Å². The average molecular weight is 290 g/mol. The Balaban J connectivity index is 1.82. The van der Waals surface area contributed by atoms with Crippen LogP contribution in [-0.2, 0) is 4.74 Å². The number of nitrogens with one attached hydrogen (secondary N) is 2. The quantitative estimate of drug-likeness (QED) is 0.819. The number of aromatic nitrogens is 6. The monoisotopic (exact) mass is 290 g/mol. The van der Waals surface area contributed by atoms with Crippen LogP contribution in [0.25, 0.3) is 5.95 Å². The van der Waals surface area contributed by atoms with E-state index in [0.29, 0.717) is 17.8 Å². The standard InChI is InChI=1S/C12H18N8O/c1-8(9-4-3-5-21-9)16-11-17-10(13-2)18-12(19-11)20-7-14-6-15-20/h6-9H,3-5H2,1-2H3,(H2,13,16,17,18,19). The maximum Gasteiger partial charge on any atom is 0.258 e. The van der Waals surface area contributed by atoms with Gasteiger partial charge >= 0.3 is 0 Å². The van der Waals surface area contributed by atoms with Gasteiger partial charge < -0.3 is 15.4 Å². The lowest BCUT2D eigenvalue weighted by atomic mass is 10.1. The molecule has 2 atom stereocenters. The molecule has 0 aromatic carbocycles. The van der Waals surface area contributed by atoms with Gasteiger partial charge in [0.05, 0.1) is 12.1 Å². The molecule has 2 N–H and O–H groups in total. The van der Waals surface area contributed by atoms with Crippen molar-refractivity contribution >= 4 is 11.9 Å². The van der Waals surface area contributed by atoms with Crippen LogP contribution in [0.3, 0.4) is 0 Å². The summed E-state index contributed by atoms with van der Waals surface area (Å²) >= 11 is 0. The van der Waals surface area contributed by atoms with Crippen LogP contribution in [0.2, 0.25) is 0 Å². The fraction of sp³-hybridized carbons (Fsp3) is 0.583. The lowest BCUT2D eigenvalue weighted by Crippen LogP contribution is -2.31. The molecule has 1 saturated heterocycles. The minimum Gasteiger partial charge on any atom is -0.376 e. The smallest absolute Gasteiger partial charge is 0.258 e. The Morgan fingerprint density at radius 2 is 2.19 bits per heavy atom. The second-order valence-corrected chi connectivity index (χ2v) is 4.86. The van der Waals surface area contributed by atoms with Crippen molar-refractivity contribution in [3.05, 3.63) is 12.7 Å². The maximum atomic E-state index is 5.67. The molecule has 2 unspecified atom stereocenters. The molecule has 2 aromatic heterocycles. The molecule has 0 saturated carbocycles. The van der Waals surface area contributed by atoms with E-state index in [1.54, 1.807) is 13.4 Å². The van der Waals surface area contributed by atoms with Gasteiger partial charge in [-0.05, 0) is 19.8 Å². The molecular weight excluding hydrogens is 272 g/mol. The third-order valence-corrected chi connectivity index (χ3v) is 3.35. The van der Waals surface area contributed by atoms with E-state index in [-0.39, 0.29) is 12.1 Å². The van der Waals surface area contributed by atoms with Crippen LogP contribution in [0.15, 0.2) is 12.7 Å². The van der Waals surface area contributed by atoms with Gasteiger partial charge in [-0.25, -0.2) is 4.98 Å². The van der Waals surface area contributed by atoms with Crippen LogP contribution in [0.1, 0.15) is 19.8 Å². The first-order valence-electron chi connectivity index (χ1n) is 6.93. The fourth-order valence-electron chi connectivity index (χ4n) is 2.25. The number of ether oxygens (including phenoxy) is 1. The molecule has 21 heavy (non-hydrogen) atoms. The second-order valence-electron chi connectivity index (χ2n) is 4.86. The van der Waals surface area contributed by atoms with Crippen LogP contribution < -0.4 is 10.6 Å². The lowest BCUT2D eigenvalue weighted by Gasteiger charge is -2.20. The van der Waals surface area contributed by atoms with Crippen molar-refractivity contribution in [3.8, 4) is 5.95 Å². The molecule has 1 fully saturated rings. The summed E-state index contributed by atoms with van der Waals surface area (Å²) in [7, 11) is 1.76. The van der Waals surface area contributed by atoms with E-state index in [4.69, 9.17) is 4.74 Å². The summed E-state index contributed by atoms with van der Waals surface area (Å²) in [5.74, 6) is 1.37. The fourth-order valence-corrected chi connectivity index (χ4v) is 2.25. The van der Waals surface area contributed by atoms with E-state index in [1.165, 1.54) is 11.0 Å². The number of hydrogen-bond acceptors (Lipinski definition) is 8. The molecule has 0 radical (unpaired) electrons. The van der Waals surface area contributed by atoms with E-state index < -0.39 is 0 Å². The zero-order valence-electron chi connectivity index (χ0n) is 12.0. The molecule has 1 aliphatic heterocycles. The first kappa shape index (κ1) is 13.7. The molecule has 2 aromatic rings. The molecule has 1 aliphatic rings. The molecule has 3 heterocycles. The van der Waals surface area contributed by atoms with Gasteiger partial charge in [0, 0.05) is 13.7 Å². The predicted molar refractivity (Wildman–Crippen MR) is 76.3 cm³/mol. The van der Waals surface area contributed by atoms with E-state index >= 15 is 0 Å². The van der Waals surface area contributed by atoms with Gasteiger partial charge in [-0.1, -0.05) is 0 Å². The summed E-state index contributed by atoms with van der Waals surface area (Å²) in [6.45, 7) is 2.88. The summed E-state index contributed by atoms with van der Waals surface area (Å²) in [6, 6.07) is 0.128. The first-order chi connectivity index (χ1) is 10.3. The average Bonchev–Trinajstić information content (AvgIpc) is 3.19. The molecule has 3 rings (SSSR count). The Morgan fingerprint density at radius 3 is 2.86 bits per heavy atom. The van der Waals surface area contributed by atoms with Gasteiger partial charge in [-0.2, -0.15) is 24.7 Å². The van der Waals surface area contributed by atoms with E-state index in [1.807, 2.05) is 0 Å². The number of nitrogens with zero attached hydrogens (tertiary/aromatic N) is 6. The topological polar surface area (TPSA) is 103 Å². The van der Waals surface area contributed by atoms with Crippen LogP contribution in [-0.4, -0.2) is 55.5 Å². The van der Waals surface area contributed by atoms with Gasteiger partial charge in [0.1, 0.15) is 12.7 Å². The number of hydrogen-bond donors (Lipinski definition) is 2. The third kappa shape index (κ3) is 3.07. The first-order valence-corrected chi connectivity index (χ1v) is 6.93. The van der Waals surface area contributed by atoms with Gasteiger partial charge in [-0.15, -0.1) is 0 Å². The SMILES string of the molecule is CNc1nc(NC(C)C2CCCO2)nc(-n2cncn2)n1. The summed E-state index contributed by atoms with van der Waals surface area (Å²) in [5, 5.41) is 10.2. The largest absolute Gasteiger partial charge is 0.376 e. The zero-order valence-corrected chi connectivity index (χ0v) is 12.0. The van der Waals surface area contributed by atoms with Crippen LogP contribution in [0.4, 0.5) is 11.9 Å². The Morgan fingerprint density at radius 1 is 1.33 bits per heavy atom. The van der Waals surface area contributed by atoms with Crippen molar-refractivity contribution in [3.63, 3.8) is 0 Å². The molecular formula is C12H18N8O. The molecule has 9 nitrogen and oxygen atoms in total. The second kappa shape index (κ2) is 6.00. The normalized spacial score (nSPS) is 19.4. The predicted octanol–water partition coefficient (Wildman–Crippen LogP) is 0.473. The minimum absolute atomic E-state index is 0.128. The highest BCUT2D eigenvalue weighted by atomic mass is 16.5. The molecule has 9 heteroatoms. The summed E-state index contributed by atoms with van der Waals surface area (Å²) in [6.07, 6.45) is 5.32. The van der Waals surface area contributed by atoms with Crippen molar-refractivity contribution in [2.24, 2.45) is 0 Å². The highest BCUT2D eigenvalue weighted by Gasteiger charge is 2.23. The molecule has 0 aliphatic carbocycles. The van der Waals surface area contributed by atoms with Crippen molar-refractivity contribution in [1.82, 2.24) is 29.7 Å². The van der Waals surface area contributed by atoms with Crippen LogP contribution in [0.5, 0.6) is 0 Å². The summed E-state index contributed by atoms with van der Waals surface area (Å²) < 4.78 is 7.16. The van der Waals surface area contributed by atoms with E-state index in [2.05, 4.69) is 42.6 Å². The van der Waals surface area contributed by atoms with Gasteiger partial charge in [0.15, 0.2) is 0 Å². The van der Waals surface area contributed by atoms with Crippen molar-refractivity contribution < 1.29 is 4.74 Å². The number of anilines is 2. The Labute approximate surface area is 122 Å². The third-order valence-electron chi connectivity index (χ3n) is 3.35. The Hall–Kier alpha value is -2.29. The van der Waals surface area contributed by atoms with Crippen LogP contribution in [0, 0.1) is 0 Å².